The van der Waals surface area contributed by atoms with E-state index in [9.17, 15) is 9.90 Å². The maximum atomic E-state index is 12.4. The molecule has 1 aromatic rings. The van der Waals surface area contributed by atoms with Crippen LogP contribution < -0.4 is 5.56 Å². The molecule has 122 valence electrons. The maximum Gasteiger partial charge on any atom is 0.279 e. The zero-order chi connectivity index (χ0) is 17.6. The van der Waals surface area contributed by atoms with E-state index in [0.717, 1.165) is 17.1 Å². The van der Waals surface area contributed by atoms with Crippen molar-refractivity contribution in [3.63, 3.8) is 0 Å². The fraction of sp³-hybridized carbons (Fsp3) is 0.400. The van der Waals surface area contributed by atoms with E-state index in [-0.39, 0.29) is 41.0 Å². The molecule has 0 unspecified atom stereocenters. The molecule has 1 rings (SSSR count). The lowest BCUT2D eigenvalue weighted by Gasteiger charge is -2.12. The Bertz CT molecular complexity index is 765. The lowest BCUT2D eigenvalue weighted by Crippen LogP contribution is -2.20. The first-order valence-electron chi connectivity index (χ1n) is 7.04. The van der Waals surface area contributed by atoms with E-state index in [1.54, 1.807) is 0 Å². The van der Waals surface area contributed by atoms with Crippen molar-refractivity contribution in [2.24, 2.45) is 10.2 Å². The monoisotopic (exact) mass is 317 g/mol. The van der Waals surface area contributed by atoms with Gasteiger partial charge in [0.1, 0.15) is 5.69 Å². The first kappa shape index (κ1) is 18.1. The zero-order valence-corrected chi connectivity index (χ0v) is 13.3. The minimum Gasteiger partial charge on any atom is -0.512 e. The smallest absolute Gasteiger partial charge is 0.279 e. The van der Waals surface area contributed by atoms with E-state index >= 15 is 0 Å². The van der Waals surface area contributed by atoms with Gasteiger partial charge in [0.15, 0.2) is 11.7 Å². The quantitative estimate of drug-likeness (QED) is 0.252. The summed E-state index contributed by atoms with van der Waals surface area (Å²) in [4.78, 5) is 15.7. The van der Waals surface area contributed by atoms with Gasteiger partial charge in [0.2, 0.25) is 5.69 Å². The minimum atomic E-state index is -0.567. The second-order valence-corrected chi connectivity index (χ2v) is 4.94. The SMILES string of the molecule is [C-]#[N+]c1c(C)c(N=NC(=N)/C=C(/C)O)c(=O)n(CCCC)c1O. The standard InChI is InChI=1S/C15H19N5O3/c1-5-6-7-20-14(22)12(17-4)10(3)13(15(20)23)19-18-11(16)8-9(2)21/h8,16,21-22H,5-7H2,1-3H3/b9-8-,16-11?,19-18?. The number of nitrogens with one attached hydrogen (secondary N) is 1. The third kappa shape index (κ3) is 4.26. The lowest BCUT2D eigenvalue weighted by molar-refractivity contribution is 0.405. The lowest BCUT2D eigenvalue weighted by atomic mass is 10.2. The summed E-state index contributed by atoms with van der Waals surface area (Å²) in [5, 5.41) is 33.9. The van der Waals surface area contributed by atoms with Crippen molar-refractivity contribution >= 4 is 17.2 Å². The Balaban J connectivity index is 3.45. The van der Waals surface area contributed by atoms with Gasteiger partial charge in [0.25, 0.3) is 5.56 Å². The molecule has 8 nitrogen and oxygen atoms in total. The number of aromatic nitrogens is 1. The van der Waals surface area contributed by atoms with Gasteiger partial charge in [0, 0.05) is 12.6 Å². The Morgan fingerprint density at radius 2 is 2.17 bits per heavy atom. The van der Waals surface area contributed by atoms with E-state index in [1.165, 1.54) is 13.8 Å². The summed E-state index contributed by atoms with van der Waals surface area (Å²) < 4.78 is 1.09. The van der Waals surface area contributed by atoms with Gasteiger partial charge in [-0.25, -0.2) is 4.85 Å². The summed E-state index contributed by atoms with van der Waals surface area (Å²) in [7, 11) is 0. The third-order valence-electron chi connectivity index (χ3n) is 3.08. The van der Waals surface area contributed by atoms with Gasteiger partial charge in [-0.05, 0) is 25.8 Å². The summed E-state index contributed by atoms with van der Waals surface area (Å²) in [5.74, 6) is -0.823. The molecule has 0 atom stereocenters. The Morgan fingerprint density at radius 1 is 1.52 bits per heavy atom. The summed E-state index contributed by atoms with van der Waals surface area (Å²) in [6, 6.07) is 0. The van der Waals surface area contributed by atoms with E-state index in [1.807, 2.05) is 6.92 Å². The predicted molar refractivity (Wildman–Crippen MR) is 86.9 cm³/mol. The van der Waals surface area contributed by atoms with Crippen LogP contribution in [-0.2, 0) is 6.54 Å². The number of pyridine rings is 1. The first-order chi connectivity index (χ1) is 10.8. The highest BCUT2D eigenvalue weighted by Crippen LogP contribution is 2.34. The van der Waals surface area contributed by atoms with Gasteiger partial charge < -0.3 is 10.2 Å². The number of rotatable bonds is 5. The van der Waals surface area contributed by atoms with Crippen LogP contribution in [0.5, 0.6) is 5.88 Å². The molecule has 0 aliphatic carbocycles. The van der Waals surface area contributed by atoms with Crippen molar-refractivity contribution in [2.45, 2.75) is 40.2 Å². The van der Waals surface area contributed by atoms with Crippen molar-refractivity contribution in [1.29, 1.82) is 5.41 Å². The van der Waals surface area contributed by atoms with Crippen LogP contribution in [0.2, 0.25) is 0 Å². The fourth-order valence-electron chi connectivity index (χ4n) is 1.90. The average Bonchev–Trinajstić information content (AvgIpc) is 2.46. The number of unbranched alkanes of at least 4 members (excludes halogenated alkanes) is 1. The summed E-state index contributed by atoms with van der Waals surface area (Å²) >= 11 is 0. The minimum absolute atomic E-state index is 0.0601. The molecule has 0 aromatic carbocycles. The molecule has 0 saturated heterocycles. The van der Waals surface area contributed by atoms with Crippen molar-refractivity contribution in [3.8, 4) is 5.88 Å². The molecule has 1 heterocycles. The molecule has 0 fully saturated rings. The second-order valence-electron chi connectivity index (χ2n) is 4.94. The van der Waals surface area contributed by atoms with Crippen molar-refractivity contribution < 1.29 is 10.2 Å². The molecular weight excluding hydrogens is 298 g/mol. The van der Waals surface area contributed by atoms with Gasteiger partial charge in [-0.1, -0.05) is 13.3 Å². The molecule has 0 amide bonds. The molecule has 0 aliphatic heterocycles. The Hall–Kier alpha value is -2.95. The number of hydrogen-bond acceptors (Lipinski definition) is 5. The zero-order valence-electron chi connectivity index (χ0n) is 13.3. The van der Waals surface area contributed by atoms with Gasteiger partial charge >= 0.3 is 0 Å². The van der Waals surface area contributed by atoms with E-state index in [2.05, 4.69) is 15.1 Å². The van der Waals surface area contributed by atoms with Crippen LogP contribution >= 0.6 is 0 Å². The fourth-order valence-corrected chi connectivity index (χ4v) is 1.90. The van der Waals surface area contributed by atoms with Crippen LogP contribution in [0, 0.1) is 18.9 Å². The molecule has 1 aromatic heterocycles. The second kappa shape index (κ2) is 7.89. The third-order valence-corrected chi connectivity index (χ3v) is 3.08. The van der Waals surface area contributed by atoms with Crippen molar-refractivity contribution in [1.82, 2.24) is 4.57 Å². The average molecular weight is 317 g/mol. The number of aromatic hydroxyl groups is 1. The summed E-state index contributed by atoms with van der Waals surface area (Å²) in [6.45, 7) is 12.2. The molecule has 0 aliphatic rings. The topological polar surface area (TPSA) is 115 Å². The van der Waals surface area contributed by atoms with Crippen LogP contribution in [0.4, 0.5) is 11.4 Å². The van der Waals surface area contributed by atoms with Crippen LogP contribution in [-0.4, -0.2) is 20.6 Å². The molecule has 0 spiro atoms. The summed E-state index contributed by atoms with van der Waals surface area (Å²) in [5.41, 5.74) is -0.521. The Labute approximate surface area is 133 Å². The number of hydrogen-bond donors (Lipinski definition) is 3. The highest BCUT2D eigenvalue weighted by atomic mass is 16.3. The maximum absolute atomic E-state index is 12.4. The highest BCUT2D eigenvalue weighted by molar-refractivity contribution is 5.91. The van der Waals surface area contributed by atoms with Crippen LogP contribution in [0.15, 0.2) is 26.9 Å². The first-order valence-corrected chi connectivity index (χ1v) is 7.04. The number of nitrogens with zero attached hydrogens (tertiary/aromatic N) is 4. The van der Waals surface area contributed by atoms with Crippen molar-refractivity contribution in [2.75, 3.05) is 0 Å². The van der Waals surface area contributed by atoms with E-state index in [4.69, 9.17) is 17.1 Å². The summed E-state index contributed by atoms with van der Waals surface area (Å²) in [6.07, 6.45) is 2.55. The Morgan fingerprint density at radius 3 is 2.70 bits per heavy atom. The number of azo groups is 1. The molecule has 0 saturated carbocycles. The molecule has 3 N–H and O–H groups in total. The van der Waals surface area contributed by atoms with Crippen LogP contribution in [0.3, 0.4) is 0 Å². The van der Waals surface area contributed by atoms with Gasteiger partial charge in [-0.15, -0.1) is 10.2 Å². The predicted octanol–water partition coefficient (Wildman–Crippen LogP) is 3.74. The molecular formula is C15H19N5O3. The molecule has 0 radical (unpaired) electrons. The molecule has 8 heteroatoms. The van der Waals surface area contributed by atoms with E-state index < -0.39 is 5.56 Å². The normalized spacial score (nSPS) is 11.7. The van der Waals surface area contributed by atoms with Gasteiger partial charge in [0.05, 0.1) is 12.3 Å². The number of allylic oxidation sites excluding steroid dienone is 1. The van der Waals surface area contributed by atoms with Gasteiger partial charge in [-0.2, -0.15) is 0 Å². The number of amidine groups is 1. The Kier molecular flexibility index (Phi) is 6.21. The molecule has 23 heavy (non-hydrogen) atoms. The van der Waals surface area contributed by atoms with Gasteiger partial charge in [-0.3, -0.25) is 14.8 Å². The van der Waals surface area contributed by atoms with Crippen molar-refractivity contribution in [3.05, 3.63) is 39.2 Å². The number of aliphatic hydroxyl groups is 1. The van der Waals surface area contributed by atoms with E-state index in [0.29, 0.717) is 6.42 Å². The molecule has 0 bridgehead atoms. The van der Waals surface area contributed by atoms with Crippen LogP contribution in [0.25, 0.3) is 4.85 Å². The van der Waals surface area contributed by atoms with Crippen LogP contribution in [0.1, 0.15) is 32.3 Å². The largest absolute Gasteiger partial charge is 0.512 e. The highest BCUT2D eigenvalue weighted by Gasteiger charge is 2.19. The number of aliphatic hydroxyl groups excluding tert-OH is 1.